The molecule has 1 atom stereocenters. The fourth-order valence-corrected chi connectivity index (χ4v) is 3.22. The van der Waals surface area contributed by atoms with Crippen LogP contribution in [0.4, 0.5) is 0 Å². The third kappa shape index (κ3) is 5.35. The maximum Gasteiger partial charge on any atom is 0.313 e. The van der Waals surface area contributed by atoms with Crippen LogP contribution in [-0.2, 0) is 16.1 Å². The summed E-state index contributed by atoms with van der Waals surface area (Å²) >= 11 is 1.32. The van der Waals surface area contributed by atoms with Gasteiger partial charge in [0.25, 0.3) is 0 Å². The molecule has 0 aliphatic carbocycles. The Labute approximate surface area is 135 Å². The summed E-state index contributed by atoms with van der Waals surface area (Å²) in [6.45, 7) is 2.26. The van der Waals surface area contributed by atoms with Crippen LogP contribution in [0.15, 0.2) is 30.3 Å². The van der Waals surface area contributed by atoms with E-state index in [4.69, 9.17) is 5.11 Å². The molecular weight excluding hydrogens is 300 g/mol. The van der Waals surface area contributed by atoms with Crippen molar-refractivity contribution in [3.8, 4) is 0 Å². The number of nitrogens with zero attached hydrogens (tertiary/aromatic N) is 1. The molecule has 120 valence electrons. The molecule has 1 aliphatic rings. The van der Waals surface area contributed by atoms with Crippen LogP contribution in [0, 0.1) is 0 Å². The molecule has 0 aromatic heterocycles. The van der Waals surface area contributed by atoms with Crippen LogP contribution in [0.2, 0.25) is 0 Å². The van der Waals surface area contributed by atoms with Gasteiger partial charge in [-0.25, -0.2) is 0 Å². The molecule has 6 heteroatoms. The average Bonchev–Trinajstić information content (AvgIpc) is 2.95. The second kappa shape index (κ2) is 8.80. The number of likely N-dealkylation sites (tertiary alicyclic amines) is 1. The van der Waals surface area contributed by atoms with Gasteiger partial charge in [0, 0.05) is 18.8 Å². The number of rotatable bonds is 8. The van der Waals surface area contributed by atoms with Crippen molar-refractivity contribution in [1.29, 1.82) is 0 Å². The van der Waals surface area contributed by atoms with Gasteiger partial charge in [-0.3, -0.25) is 14.5 Å². The summed E-state index contributed by atoms with van der Waals surface area (Å²) in [7, 11) is 0. The molecule has 5 nitrogen and oxygen atoms in total. The molecule has 1 aliphatic heterocycles. The molecular formula is C16H22N2O3S. The lowest BCUT2D eigenvalue weighted by Crippen LogP contribution is -2.43. The predicted molar refractivity (Wildman–Crippen MR) is 87.8 cm³/mol. The molecule has 0 spiro atoms. The zero-order valence-electron chi connectivity index (χ0n) is 12.5. The van der Waals surface area contributed by atoms with Crippen LogP contribution in [-0.4, -0.2) is 52.5 Å². The van der Waals surface area contributed by atoms with E-state index in [1.165, 1.54) is 17.3 Å². The SMILES string of the molecule is O=C(O)CSCCNC(=O)C1CCCN1Cc1ccccc1. The Kier molecular flexibility index (Phi) is 6.74. The lowest BCUT2D eigenvalue weighted by atomic mass is 10.1. The molecule has 0 radical (unpaired) electrons. The van der Waals surface area contributed by atoms with Crippen LogP contribution in [0.3, 0.4) is 0 Å². The fraction of sp³-hybridized carbons (Fsp3) is 0.500. The van der Waals surface area contributed by atoms with E-state index in [1.54, 1.807) is 0 Å². The standard InChI is InChI=1S/C16H22N2O3S/c19-15(20)12-22-10-8-17-16(21)14-7-4-9-18(14)11-13-5-2-1-3-6-13/h1-3,5-6,14H,4,7-12H2,(H,17,21)(H,19,20). The summed E-state index contributed by atoms with van der Waals surface area (Å²) in [4.78, 5) is 24.9. The highest BCUT2D eigenvalue weighted by Gasteiger charge is 2.30. The molecule has 2 rings (SSSR count). The predicted octanol–water partition coefficient (Wildman–Crippen LogP) is 1.58. The summed E-state index contributed by atoms with van der Waals surface area (Å²) in [5.41, 5.74) is 1.22. The van der Waals surface area contributed by atoms with Crippen molar-refractivity contribution in [1.82, 2.24) is 10.2 Å². The Hall–Kier alpha value is -1.53. The Morgan fingerprint density at radius 1 is 1.32 bits per heavy atom. The van der Waals surface area contributed by atoms with Gasteiger partial charge in [-0.05, 0) is 24.9 Å². The van der Waals surface area contributed by atoms with E-state index in [0.717, 1.165) is 25.9 Å². The number of nitrogens with one attached hydrogen (secondary N) is 1. The highest BCUT2D eigenvalue weighted by molar-refractivity contribution is 7.99. The summed E-state index contributed by atoms with van der Waals surface area (Å²) in [6.07, 6.45) is 1.93. The number of carboxylic acids is 1. The number of carbonyl (C=O) groups is 2. The minimum Gasteiger partial charge on any atom is -0.481 e. The molecule has 1 saturated heterocycles. The van der Waals surface area contributed by atoms with Gasteiger partial charge >= 0.3 is 5.97 Å². The second-order valence-electron chi connectivity index (χ2n) is 5.35. The largest absolute Gasteiger partial charge is 0.481 e. The number of carboxylic acid groups (broad SMARTS) is 1. The summed E-state index contributed by atoms with van der Waals surface area (Å²) in [6, 6.07) is 10.1. The number of amides is 1. The smallest absolute Gasteiger partial charge is 0.313 e. The number of benzene rings is 1. The molecule has 1 unspecified atom stereocenters. The van der Waals surface area contributed by atoms with E-state index in [-0.39, 0.29) is 17.7 Å². The van der Waals surface area contributed by atoms with Gasteiger partial charge in [0.2, 0.25) is 5.91 Å². The van der Waals surface area contributed by atoms with Crippen LogP contribution < -0.4 is 5.32 Å². The highest BCUT2D eigenvalue weighted by atomic mass is 32.2. The molecule has 22 heavy (non-hydrogen) atoms. The molecule has 1 aromatic carbocycles. The normalized spacial score (nSPS) is 18.3. The van der Waals surface area contributed by atoms with Crippen LogP contribution in [0.1, 0.15) is 18.4 Å². The molecule has 2 N–H and O–H groups in total. The molecule has 1 amide bonds. The lowest BCUT2D eigenvalue weighted by molar-refractivity contribution is -0.134. The first-order chi connectivity index (χ1) is 10.7. The fourth-order valence-electron chi connectivity index (χ4n) is 2.65. The van der Waals surface area contributed by atoms with Crippen LogP contribution in [0.25, 0.3) is 0 Å². The lowest BCUT2D eigenvalue weighted by Gasteiger charge is -2.23. The first kappa shape index (κ1) is 16.8. The second-order valence-corrected chi connectivity index (χ2v) is 6.46. The number of aliphatic carboxylic acids is 1. The number of thioether (sulfide) groups is 1. The average molecular weight is 322 g/mol. The van der Waals surface area contributed by atoms with Crippen molar-refractivity contribution in [2.75, 3.05) is 24.6 Å². The Bertz CT molecular complexity index is 495. The van der Waals surface area contributed by atoms with E-state index >= 15 is 0 Å². The van der Waals surface area contributed by atoms with E-state index in [0.29, 0.717) is 12.3 Å². The van der Waals surface area contributed by atoms with Crippen molar-refractivity contribution in [3.63, 3.8) is 0 Å². The van der Waals surface area contributed by atoms with Gasteiger partial charge < -0.3 is 10.4 Å². The zero-order valence-corrected chi connectivity index (χ0v) is 13.3. The number of carbonyl (C=O) groups excluding carboxylic acids is 1. The van der Waals surface area contributed by atoms with Crippen molar-refractivity contribution < 1.29 is 14.7 Å². The third-order valence-corrected chi connectivity index (χ3v) is 4.61. The minimum absolute atomic E-state index is 0.0596. The molecule has 1 aromatic rings. The highest BCUT2D eigenvalue weighted by Crippen LogP contribution is 2.20. The Morgan fingerprint density at radius 3 is 2.82 bits per heavy atom. The first-order valence-corrected chi connectivity index (χ1v) is 8.67. The number of hydrogen-bond donors (Lipinski definition) is 2. The summed E-state index contributed by atoms with van der Waals surface area (Å²) < 4.78 is 0. The molecule has 0 bridgehead atoms. The van der Waals surface area contributed by atoms with E-state index in [1.807, 2.05) is 18.2 Å². The summed E-state index contributed by atoms with van der Waals surface area (Å²) in [5, 5.41) is 11.5. The van der Waals surface area contributed by atoms with E-state index < -0.39 is 5.97 Å². The zero-order chi connectivity index (χ0) is 15.8. The third-order valence-electron chi connectivity index (χ3n) is 3.67. The Morgan fingerprint density at radius 2 is 2.09 bits per heavy atom. The molecule has 1 fully saturated rings. The van der Waals surface area contributed by atoms with Crippen molar-refractivity contribution in [2.24, 2.45) is 0 Å². The molecule has 0 saturated carbocycles. The van der Waals surface area contributed by atoms with Gasteiger partial charge in [-0.15, -0.1) is 11.8 Å². The van der Waals surface area contributed by atoms with E-state index in [2.05, 4.69) is 22.3 Å². The monoisotopic (exact) mass is 322 g/mol. The maximum atomic E-state index is 12.3. The van der Waals surface area contributed by atoms with E-state index in [9.17, 15) is 9.59 Å². The molecule has 1 heterocycles. The van der Waals surface area contributed by atoms with Crippen LogP contribution in [0.5, 0.6) is 0 Å². The van der Waals surface area contributed by atoms with Gasteiger partial charge in [-0.2, -0.15) is 0 Å². The van der Waals surface area contributed by atoms with Crippen LogP contribution >= 0.6 is 11.8 Å². The Balaban J connectivity index is 1.75. The quantitative estimate of drug-likeness (QED) is 0.711. The van der Waals surface area contributed by atoms with Crippen molar-refractivity contribution in [2.45, 2.75) is 25.4 Å². The van der Waals surface area contributed by atoms with Gasteiger partial charge in [0.15, 0.2) is 0 Å². The van der Waals surface area contributed by atoms with Crippen molar-refractivity contribution >= 4 is 23.6 Å². The number of hydrogen-bond acceptors (Lipinski definition) is 4. The maximum absolute atomic E-state index is 12.3. The topological polar surface area (TPSA) is 69.6 Å². The summed E-state index contributed by atoms with van der Waals surface area (Å²) in [5.74, 6) is -0.0476. The minimum atomic E-state index is -0.818. The van der Waals surface area contributed by atoms with Gasteiger partial charge in [-0.1, -0.05) is 30.3 Å². The van der Waals surface area contributed by atoms with Gasteiger partial charge in [0.1, 0.15) is 0 Å². The first-order valence-electron chi connectivity index (χ1n) is 7.52. The van der Waals surface area contributed by atoms with Crippen molar-refractivity contribution in [3.05, 3.63) is 35.9 Å². The van der Waals surface area contributed by atoms with Gasteiger partial charge in [0.05, 0.1) is 11.8 Å².